The molecule has 7 heteroatoms. The molecule has 0 bridgehead atoms. The van der Waals surface area contributed by atoms with Crippen LogP contribution >= 0.6 is 0 Å². The molecule has 0 saturated carbocycles. The van der Waals surface area contributed by atoms with Crippen molar-refractivity contribution >= 4 is 17.9 Å². The van der Waals surface area contributed by atoms with Crippen LogP contribution in [0.2, 0.25) is 0 Å². The zero-order chi connectivity index (χ0) is 26.0. The van der Waals surface area contributed by atoms with Crippen LogP contribution in [0.25, 0.3) is 0 Å². The zero-order valence-corrected chi connectivity index (χ0v) is 21.8. The van der Waals surface area contributed by atoms with Crippen LogP contribution in [-0.4, -0.2) is 41.5 Å². The van der Waals surface area contributed by atoms with Crippen LogP contribution < -0.4 is 10.6 Å². The van der Waals surface area contributed by atoms with Gasteiger partial charge < -0.3 is 20.3 Å². The number of nitrogens with zero attached hydrogens (tertiary/aromatic N) is 1. The van der Waals surface area contributed by atoms with Crippen molar-refractivity contribution in [3.8, 4) is 0 Å². The van der Waals surface area contributed by atoms with Crippen LogP contribution in [0.1, 0.15) is 68.8 Å². The van der Waals surface area contributed by atoms with Crippen molar-refractivity contribution in [3.63, 3.8) is 0 Å². The molecule has 7 nitrogen and oxygen atoms in total. The van der Waals surface area contributed by atoms with Crippen molar-refractivity contribution < 1.29 is 19.1 Å². The molecule has 0 spiro atoms. The topological polar surface area (TPSA) is 87.7 Å². The van der Waals surface area contributed by atoms with Gasteiger partial charge in [0.1, 0.15) is 18.2 Å². The van der Waals surface area contributed by atoms with E-state index in [0.717, 1.165) is 35.1 Å². The standard InChI is InChI=1S/C28H39N3O4/c1-7-8-16-31(24(32)19-30-27(34)35-28(4,5)6)25(23-15-14-20(2)17-21(23)3)26(33)29-18-22-12-10-9-11-13-22/h9-15,17,25H,7-8,16,18-19H2,1-6H3,(H,29,33)(H,30,34). The molecule has 0 fully saturated rings. The Hall–Kier alpha value is -3.35. The largest absolute Gasteiger partial charge is 0.444 e. The van der Waals surface area contributed by atoms with E-state index in [-0.39, 0.29) is 18.4 Å². The molecule has 1 unspecified atom stereocenters. The summed E-state index contributed by atoms with van der Waals surface area (Å²) in [5, 5.41) is 5.54. The molecule has 2 aromatic carbocycles. The predicted octanol–water partition coefficient (Wildman–Crippen LogP) is 4.81. The quantitative estimate of drug-likeness (QED) is 0.510. The second-order valence-corrected chi connectivity index (χ2v) is 9.76. The molecule has 0 aliphatic heterocycles. The van der Waals surface area contributed by atoms with Gasteiger partial charge in [0, 0.05) is 13.1 Å². The minimum atomic E-state index is -0.821. The summed E-state index contributed by atoms with van der Waals surface area (Å²) in [7, 11) is 0. The number of unbranched alkanes of at least 4 members (excludes halogenated alkanes) is 1. The Kier molecular flexibility index (Phi) is 10.3. The van der Waals surface area contributed by atoms with Crippen LogP contribution in [0.3, 0.4) is 0 Å². The van der Waals surface area contributed by atoms with Gasteiger partial charge in [0.25, 0.3) is 0 Å². The molecule has 35 heavy (non-hydrogen) atoms. The third-order valence-electron chi connectivity index (χ3n) is 5.45. The lowest BCUT2D eigenvalue weighted by Gasteiger charge is -2.32. The summed E-state index contributed by atoms with van der Waals surface area (Å²) >= 11 is 0. The first-order valence-corrected chi connectivity index (χ1v) is 12.2. The zero-order valence-electron chi connectivity index (χ0n) is 21.8. The van der Waals surface area contributed by atoms with Crippen molar-refractivity contribution in [2.75, 3.05) is 13.1 Å². The highest BCUT2D eigenvalue weighted by molar-refractivity contribution is 5.90. The molecule has 2 aromatic rings. The second-order valence-electron chi connectivity index (χ2n) is 9.76. The van der Waals surface area contributed by atoms with Gasteiger partial charge in [-0.05, 0) is 57.7 Å². The maximum atomic E-state index is 13.6. The maximum Gasteiger partial charge on any atom is 0.408 e. The minimum absolute atomic E-state index is 0.258. The smallest absolute Gasteiger partial charge is 0.408 e. The Bertz CT molecular complexity index is 999. The van der Waals surface area contributed by atoms with Crippen molar-refractivity contribution in [2.45, 2.75) is 72.6 Å². The molecule has 1 atom stereocenters. The Morgan fingerprint density at radius 1 is 1.00 bits per heavy atom. The molecular weight excluding hydrogens is 442 g/mol. The van der Waals surface area contributed by atoms with Gasteiger partial charge in [-0.15, -0.1) is 0 Å². The van der Waals surface area contributed by atoms with Crippen LogP contribution in [0.4, 0.5) is 4.79 Å². The number of amides is 3. The maximum absolute atomic E-state index is 13.6. The molecule has 0 aliphatic carbocycles. The number of rotatable bonds is 10. The first-order valence-electron chi connectivity index (χ1n) is 12.2. The lowest BCUT2D eigenvalue weighted by Crippen LogP contribution is -2.48. The highest BCUT2D eigenvalue weighted by Crippen LogP contribution is 2.26. The first-order chi connectivity index (χ1) is 16.5. The van der Waals surface area contributed by atoms with Crippen LogP contribution in [0.5, 0.6) is 0 Å². The third kappa shape index (κ3) is 9.08. The average molecular weight is 482 g/mol. The number of hydrogen-bond donors (Lipinski definition) is 2. The number of benzene rings is 2. The lowest BCUT2D eigenvalue weighted by molar-refractivity contribution is -0.140. The average Bonchev–Trinajstić information content (AvgIpc) is 2.79. The van der Waals surface area contributed by atoms with E-state index in [4.69, 9.17) is 4.74 Å². The van der Waals surface area contributed by atoms with Crippen molar-refractivity contribution in [3.05, 3.63) is 70.8 Å². The molecule has 0 radical (unpaired) electrons. The fourth-order valence-corrected chi connectivity index (χ4v) is 3.75. The summed E-state index contributed by atoms with van der Waals surface area (Å²) in [5.74, 6) is -0.605. The van der Waals surface area contributed by atoms with Crippen LogP contribution in [-0.2, 0) is 20.9 Å². The number of nitrogens with one attached hydrogen (secondary N) is 2. The Balaban J connectivity index is 2.32. The second kappa shape index (κ2) is 12.9. The van der Waals surface area contributed by atoms with Gasteiger partial charge in [-0.2, -0.15) is 0 Å². The lowest BCUT2D eigenvalue weighted by atomic mass is 9.96. The van der Waals surface area contributed by atoms with Crippen molar-refractivity contribution in [1.29, 1.82) is 0 Å². The van der Waals surface area contributed by atoms with Gasteiger partial charge in [0.05, 0.1) is 0 Å². The number of carbonyl (C=O) groups excluding carboxylic acids is 3. The summed E-state index contributed by atoms with van der Waals surface area (Å²) in [6.07, 6.45) is 0.915. The number of ether oxygens (including phenoxy) is 1. The number of alkyl carbamates (subject to hydrolysis) is 1. The number of carbonyl (C=O) groups is 3. The Labute approximate surface area is 209 Å². The Morgan fingerprint density at radius 2 is 1.69 bits per heavy atom. The summed E-state index contributed by atoms with van der Waals surface area (Å²) in [5.41, 5.74) is 3.07. The molecule has 190 valence electrons. The van der Waals surface area contributed by atoms with E-state index in [1.54, 1.807) is 25.7 Å². The normalized spacial score (nSPS) is 11.9. The highest BCUT2D eigenvalue weighted by atomic mass is 16.6. The van der Waals surface area contributed by atoms with Gasteiger partial charge in [-0.3, -0.25) is 9.59 Å². The van der Waals surface area contributed by atoms with E-state index < -0.39 is 17.7 Å². The molecule has 2 rings (SSSR count). The fourth-order valence-electron chi connectivity index (χ4n) is 3.75. The van der Waals surface area contributed by atoms with Crippen molar-refractivity contribution in [1.82, 2.24) is 15.5 Å². The fraction of sp³-hybridized carbons (Fsp3) is 0.464. The van der Waals surface area contributed by atoms with Gasteiger partial charge >= 0.3 is 6.09 Å². The first kappa shape index (κ1) is 27.9. The minimum Gasteiger partial charge on any atom is -0.444 e. The summed E-state index contributed by atoms with van der Waals surface area (Å²) in [6.45, 7) is 11.7. The van der Waals surface area contributed by atoms with Gasteiger partial charge in [-0.1, -0.05) is 67.4 Å². The molecule has 2 N–H and O–H groups in total. The SMILES string of the molecule is CCCCN(C(=O)CNC(=O)OC(C)(C)C)C(C(=O)NCc1ccccc1)c1ccc(C)cc1C. The van der Waals surface area contributed by atoms with E-state index in [1.165, 1.54) is 0 Å². The van der Waals surface area contributed by atoms with Crippen LogP contribution in [0.15, 0.2) is 48.5 Å². The van der Waals surface area contributed by atoms with Gasteiger partial charge in [0.2, 0.25) is 11.8 Å². The van der Waals surface area contributed by atoms with Crippen molar-refractivity contribution in [2.24, 2.45) is 0 Å². The molecule has 0 saturated heterocycles. The third-order valence-corrected chi connectivity index (χ3v) is 5.45. The highest BCUT2D eigenvalue weighted by Gasteiger charge is 2.32. The molecule has 0 aromatic heterocycles. The predicted molar refractivity (Wildman–Crippen MR) is 138 cm³/mol. The number of aryl methyl sites for hydroxylation is 2. The summed E-state index contributed by atoms with van der Waals surface area (Å²) in [6, 6.07) is 14.7. The monoisotopic (exact) mass is 481 g/mol. The van der Waals surface area contributed by atoms with Crippen LogP contribution in [0, 0.1) is 13.8 Å². The Morgan fingerprint density at radius 3 is 2.29 bits per heavy atom. The van der Waals surface area contributed by atoms with E-state index in [0.29, 0.717) is 13.1 Å². The summed E-state index contributed by atoms with van der Waals surface area (Å²) < 4.78 is 5.26. The number of hydrogen-bond acceptors (Lipinski definition) is 4. The molecular formula is C28H39N3O4. The molecule has 3 amide bonds. The molecule has 0 aliphatic rings. The van der Waals surface area contributed by atoms with E-state index in [2.05, 4.69) is 10.6 Å². The van der Waals surface area contributed by atoms with E-state index in [1.807, 2.05) is 69.3 Å². The summed E-state index contributed by atoms with van der Waals surface area (Å²) in [4.78, 5) is 40.6. The van der Waals surface area contributed by atoms with Gasteiger partial charge in [-0.25, -0.2) is 4.79 Å². The molecule has 0 heterocycles. The van der Waals surface area contributed by atoms with E-state index in [9.17, 15) is 14.4 Å². The van der Waals surface area contributed by atoms with E-state index >= 15 is 0 Å². The van der Waals surface area contributed by atoms with Gasteiger partial charge in [0.15, 0.2) is 0 Å².